The summed E-state index contributed by atoms with van der Waals surface area (Å²) in [6.07, 6.45) is 5.03. The standard InChI is InChI=1S/C18H18N6O4S/c1-9-2-5-11(28-9)6-7-13-20-17(23-22-13)29-8-12(25)14-15(19)24(10-3-4-10)18(27)21-16(14)26/h2,5-7,10H,3-4,8,19H2,1H3,(H,20,22,23)(H,21,26,27). The molecule has 0 saturated heterocycles. The summed E-state index contributed by atoms with van der Waals surface area (Å²) in [6.45, 7) is 1.85. The molecule has 0 aliphatic heterocycles. The Bertz CT molecular complexity index is 1210. The Hall–Kier alpha value is -3.34. The zero-order valence-electron chi connectivity index (χ0n) is 15.5. The molecule has 4 N–H and O–H groups in total. The van der Waals surface area contributed by atoms with Gasteiger partial charge in [0.15, 0.2) is 5.78 Å². The monoisotopic (exact) mass is 414 g/mol. The molecular weight excluding hydrogens is 396 g/mol. The average molecular weight is 414 g/mol. The average Bonchev–Trinajstić information content (AvgIpc) is 3.23. The molecule has 29 heavy (non-hydrogen) atoms. The third-order valence-corrected chi connectivity index (χ3v) is 5.20. The number of ketones is 1. The van der Waals surface area contributed by atoms with Crippen molar-refractivity contribution in [2.24, 2.45) is 0 Å². The van der Waals surface area contributed by atoms with Gasteiger partial charge in [0.2, 0.25) is 5.16 Å². The number of aromatic nitrogens is 5. The van der Waals surface area contributed by atoms with E-state index in [0.29, 0.717) is 16.7 Å². The third kappa shape index (κ3) is 4.09. The smallest absolute Gasteiger partial charge is 0.330 e. The van der Waals surface area contributed by atoms with Gasteiger partial charge in [0, 0.05) is 6.04 Å². The van der Waals surface area contributed by atoms with E-state index in [1.54, 1.807) is 12.2 Å². The van der Waals surface area contributed by atoms with Gasteiger partial charge in [-0.3, -0.25) is 24.2 Å². The number of anilines is 1. The highest BCUT2D eigenvalue weighted by Crippen LogP contribution is 2.35. The lowest BCUT2D eigenvalue weighted by atomic mass is 10.2. The van der Waals surface area contributed by atoms with Gasteiger partial charge in [-0.05, 0) is 44.1 Å². The second-order valence-corrected chi connectivity index (χ2v) is 7.56. The number of rotatable bonds is 7. The number of H-pyrrole nitrogens is 2. The Balaban J connectivity index is 1.45. The maximum absolute atomic E-state index is 12.6. The minimum absolute atomic E-state index is 0.0566. The normalized spacial score (nSPS) is 14.0. The lowest BCUT2D eigenvalue weighted by Crippen LogP contribution is -2.36. The van der Waals surface area contributed by atoms with Gasteiger partial charge >= 0.3 is 5.69 Å². The Morgan fingerprint density at radius 3 is 2.86 bits per heavy atom. The molecule has 4 rings (SSSR count). The first-order valence-electron chi connectivity index (χ1n) is 8.89. The van der Waals surface area contributed by atoms with E-state index in [9.17, 15) is 14.4 Å². The van der Waals surface area contributed by atoms with Crippen LogP contribution in [-0.2, 0) is 0 Å². The minimum Gasteiger partial charge on any atom is -0.462 e. The van der Waals surface area contributed by atoms with Gasteiger partial charge in [0.05, 0.1) is 5.75 Å². The maximum Gasteiger partial charge on any atom is 0.330 e. The molecular formula is C18H18N6O4S. The number of hydrogen-bond donors (Lipinski definition) is 3. The fourth-order valence-corrected chi connectivity index (χ4v) is 3.51. The summed E-state index contributed by atoms with van der Waals surface area (Å²) in [5.74, 6) is 1.32. The quantitative estimate of drug-likeness (QED) is 0.389. The first-order chi connectivity index (χ1) is 13.9. The van der Waals surface area contributed by atoms with Crippen molar-refractivity contribution in [3.8, 4) is 0 Å². The molecule has 11 heteroatoms. The van der Waals surface area contributed by atoms with Crippen LogP contribution in [0, 0.1) is 6.92 Å². The van der Waals surface area contributed by atoms with Crippen molar-refractivity contribution in [3.05, 3.63) is 55.9 Å². The zero-order valence-corrected chi connectivity index (χ0v) is 16.3. The van der Waals surface area contributed by atoms with Crippen LogP contribution in [0.25, 0.3) is 12.2 Å². The topological polar surface area (TPSA) is 153 Å². The van der Waals surface area contributed by atoms with Crippen LogP contribution in [-0.4, -0.2) is 36.3 Å². The number of aromatic amines is 2. The van der Waals surface area contributed by atoms with E-state index in [-0.39, 0.29) is 23.2 Å². The summed E-state index contributed by atoms with van der Waals surface area (Å²) in [6, 6.07) is 3.63. The fraction of sp³-hybridized carbons (Fsp3) is 0.278. The molecule has 3 aromatic rings. The molecule has 0 spiro atoms. The van der Waals surface area contributed by atoms with Gasteiger partial charge in [-0.25, -0.2) is 9.78 Å². The van der Waals surface area contributed by atoms with Gasteiger partial charge < -0.3 is 10.2 Å². The van der Waals surface area contributed by atoms with Crippen LogP contribution in [0.4, 0.5) is 5.82 Å². The third-order valence-electron chi connectivity index (χ3n) is 4.35. The van der Waals surface area contributed by atoms with Crippen molar-refractivity contribution < 1.29 is 9.21 Å². The second-order valence-electron chi connectivity index (χ2n) is 6.62. The molecule has 0 unspecified atom stereocenters. The molecule has 3 aromatic heterocycles. The number of nitrogen functional groups attached to an aromatic ring is 1. The van der Waals surface area contributed by atoms with Crippen molar-refractivity contribution in [1.29, 1.82) is 0 Å². The minimum atomic E-state index is -0.776. The number of nitrogens with two attached hydrogens (primary N) is 1. The molecule has 0 bridgehead atoms. The van der Waals surface area contributed by atoms with Crippen LogP contribution in [0.1, 0.15) is 46.6 Å². The molecule has 0 radical (unpaired) electrons. The lowest BCUT2D eigenvalue weighted by Gasteiger charge is -2.10. The van der Waals surface area contributed by atoms with Gasteiger partial charge in [0.1, 0.15) is 28.7 Å². The van der Waals surface area contributed by atoms with E-state index in [0.717, 1.165) is 30.4 Å². The van der Waals surface area contributed by atoms with Crippen LogP contribution in [0.15, 0.2) is 31.3 Å². The highest BCUT2D eigenvalue weighted by Gasteiger charge is 2.30. The Morgan fingerprint density at radius 1 is 1.38 bits per heavy atom. The van der Waals surface area contributed by atoms with E-state index in [2.05, 4.69) is 20.2 Å². The Morgan fingerprint density at radius 2 is 2.17 bits per heavy atom. The number of thioether (sulfide) groups is 1. The van der Waals surface area contributed by atoms with Crippen LogP contribution >= 0.6 is 11.8 Å². The summed E-state index contributed by atoms with van der Waals surface area (Å²) >= 11 is 1.07. The molecule has 0 amide bonds. The molecule has 1 fully saturated rings. The SMILES string of the molecule is Cc1ccc(C=Cc2nc(SCC(=O)c3c(N)n(C4CC4)c(=O)[nH]c3=O)n[nH]2)o1. The number of nitrogens with zero attached hydrogens (tertiary/aromatic N) is 3. The zero-order chi connectivity index (χ0) is 20.5. The van der Waals surface area contributed by atoms with Crippen molar-refractivity contribution >= 4 is 35.5 Å². The Kier molecular flexibility index (Phi) is 4.97. The molecule has 3 heterocycles. The van der Waals surface area contributed by atoms with Crippen LogP contribution in [0.5, 0.6) is 0 Å². The largest absolute Gasteiger partial charge is 0.462 e. The van der Waals surface area contributed by atoms with Gasteiger partial charge in [-0.2, -0.15) is 0 Å². The van der Waals surface area contributed by atoms with Crippen LogP contribution in [0.3, 0.4) is 0 Å². The highest BCUT2D eigenvalue weighted by atomic mass is 32.2. The van der Waals surface area contributed by atoms with Crippen LogP contribution < -0.4 is 17.0 Å². The van der Waals surface area contributed by atoms with E-state index in [4.69, 9.17) is 10.2 Å². The molecule has 0 atom stereocenters. The molecule has 10 nitrogen and oxygen atoms in total. The maximum atomic E-state index is 12.6. The first-order valence-corrected chi connectivity index (χ1v) is 9.88. The number of carbonyl (C=O) groups excluding carboxylic acids is 1. The van der Waals surface area contributed by atoms with E-state index in [1.165, 1.54) is 4.57 Å². The summed E-state index contributed by atoms with van der Waals surface area (Å²) < 4.78 is 6.72. The molecule has 1 aliphatic carbocycles. The van der Waals surface area contributed by atoms with Crippen molar-refractivity contribution in [2.75, 3.05) is 11.5 Å². The van der Waals surface area contributed by atoms with Crippen molar-refractivity contribution in [3.63, 3.8) is 0 Å². The van der Waals surface area contributed by atoms with Crippen molar-refractivity contribution in [1.82, 2.24) is 24.7 Å². The van der Waals surface area contributed by atoms with Gasteiger partial charge in [-0.1, -0.05) is 11.8 Å². The summed E-state index contributed by atoms with van der Waals surface area (Å²) in [5, 5.41) is 7.13. The number of nitrogens with one attached hydrogen (secondary N) is 2. The van der Waals surface area contributed by atoms with E-state index in [1.807, 2.05) is 19.1 Å². The summed E-state index contributed by atoms with van der Waals surface area (Å²) in [7, 11) is 0. The van der Waals surface area contributed by atoms with Crippen molar-refractivity contribution in [2.45, 2.75) is 31.0 Å². The predicted molar refractivity (Wildman–Crippen MR) is 108 cm³/mol. The van der Waals surface area contributed by atoms with E-state index >= 15 is 0 Å². The summed E-state index contributed by atoms with van der Waals surface area (Å²) in [4.78, 5) is 43.0. The van der Waals surface area contributed by atoms with Gasteiger partial charge in [0.25, 0.3) is 5.56 Å². The molecule has 1 saturated carbocycles. The van der Waals surface area contributed by atoms with Crippen LogP contribution in [0.2, 0.25) is 0 Å². The lowest BCUT2D eigenvalue weighted by molar-refractivity contribution is 0.102. The highest BCUT2D eigenvalue weighted by molar-refractivity contribution is 7.99. The number of aryl methyl sites for hydroxylation is 1. The predicted octanol–water partition coefficient (Wildman–Crippen LogP) is 1.62. The van der Waals surface area contributed by atoms with E-state index < -0.39 is 17.0 Å². The Labute approximate surface area is 168 Å². The number of Topliss-reactive ketones (excluding diaryl/α,β-unsaturated/α-hetero) is 1. The molecule has 1 aliphatic rings. The molecule has 0 aromatic carbocycles. The number of hydrogen-bond acceptors (Lipinski definition) is 8. The first kappa shape index (κ1) is 19.0. The fourth-order valence-electron chi connectivity index (χ4n) is 2.83. The number of furan rings is 1. The van der Waals surface area contributed by atoms with Gasteiger partial charge in [-0.15, -0.1) is 5.10 Å². The summed E-state index contributed by atoms with van der Waals surface area (Å²) in [5.41, 5.74) is 4.39. The molecule has 150 valence electrons. The second kappa shape index (κ2) is 7.59. The number of carbonyl (C=O) groups is 1.